The van der Waals surface area contributed by atoms with Gasteiger partial charge < -0.3 is 10.6 Å². The zero-order valence-corrected chi connectivity index (χ0v) is 9.23. The molecule has 1 aromatic carbocycles. The van der Waals surface area contributed by atoms with Gasteiger partial charge in [-0.3, -0.25) is 0 Å². The average Bonchev–Trinajstić information content (AvgIpc) is 3.07. The van der Waals surface area contributed by atoms with Crippen LogP contribution in [0, 0.1) is 17.6 Å². The van der Waals surface area contributed by atoms with Crippen LogP contribution in [-0.4, -0.2) is 12.0 Å². The molecule has 2 amide bonds. The van der Waals surface area contributed by atoms with Gasteiger partial charge in [-0.1, -0.05) is 0 Å². The lowest BCUT2D eigenvalue weighted by molar-refractivity contribution is -0.145. The van der Waals surface area contributed by atoms with E-state index in [1.165, 1.54) is 0 Å². The van der Waals surface area contributed by atoms with Crippen LogP contribution in [0.5, 0.6) is 0 Å². The third-order valence-electron chi connectivity index (χ3n) is 2.37. The van der Waals surface area contributed by atoms with Crippen molar-refractivity contribution >= 4 is 17.7 Å². The van der Waals surface area contributed by atoms with E-state index in [-0.39, 0.29) is 11.6 Å². The number of carbonyl (C=O) groups excluding carboxylic acids is 2. The second-order valence-corrected chi connectivity index (χ2v) is 3.94. The standard InChI is InChI=1S/C11H10F2N2O3/c12-7-3-8(13)5-9(4-7)15(11(14)17)18-10(16)6-1-2-6/h3-6H,1-2H2,(H2,14,17). The summed E-state index contributed by atoms with van der Waals surface area (Å²) >= 11 is 0. The van der Waals surface area contributed by atoms with Crippen LogP contribution in [0.3, 0.4) is 0 Å². The van der Waals surface area contributed by atoms with Crippen LogP contribution in [0.4, 0.5) is 19.3 Å². The molecular formula is C11H10F2N2O3. The lowest BCUT2D eigenvalue weighted by atomic mass is 10.3. The van der Waals surface area contributed by atoms with Gasteiger partial charge in [0, 0.05) is 18.2 Å². The molecule has 0 bridgehead atoms. The first-order valence-corrected chi connectivity index (χ1v) is 5.25. The average molecular weight is 256 g/mol. The van der Waals surface area contributed by atoms with Crippen LogP contribution in [0.1, 0.15) is 12.8 Å². The number of amides is 2. The number of benzene rings is 1. The van der Waals surface area contributed by atoms with Gasteiger partial charge in [-0.25, -0.2) is 18.4 Å². The molecule has 96 valence electrons. The van der Waals surface area contributed by atoms with E-state index in [1.807, 2.05) is 0 Å². The Kier molecular flexibility index (Phi) is 3.14. The first-order valence-electron chi connectivity index (χ1n) is 5.25. The lowest BCUT2D eigenvalue weighted by Crippen LogP contribution is -2.38. The van der Waals surface area contributed by atoms with E-state index in [1.54, 1.807) is 0 Å². The molecule has 1 saturated carbocycles. The Morgan fingerprint density at radius 1 is 1.22 bits per heavy atom. The van der Waals surface area contributed by atoms with Gasteiger partial charge in [0.25, 0.3) is 0 Å². The summed E-state index contributed by atoms with van der Waals surface area (Å²) in [7, 11) is 0. The molecule has 1 aliphatic rings. The highest BCUT2D eigenvalue weighted by Crippen LogP contribution is 2.31. The van der Waals surface area contributed by atoms with Crippen molar-refractivity contribution in [1.29, 1.82) is 0 Å². The predicted octanol–water partition coefficient (Wildman–Crippen LogP) is 1.72. The number of halogens is 2. The maximum absolute atomic E-state index is 13.0. The van der Waals surface area contributed by atoms with E-state index in [0.717, 1.165) is 12.1 Å². The zero-order chi connectivity index (χ0) is 13.3. The number of rotatable bonds is 2. The molecule has 0 aromatic heterocycles. The van der Waals surface area contributed by atoms with Crippen LogP contribution in [0.15, 0.2) is 18.2 Å². The summed E-state index contributed by atoms with van der Waals surface area (Å²) in [5.74, 6) is -2.72. The third-order valence-corrected chi connectivity index (χ3v) is 2.37. The first kappa shape index (κ1) is 12.3. The van der Waals surface area contributed by atoms with Crippen LogP contribution < -0.4 is 10.8 Å². The van der Waals surface area contributed by atoms with Gasteiger partial charge >= 0.3 is 12.0 Å². The summed E-state index contributed by atoms with van der Waals surface area (Å²) in [4.78, 5) is 27.2. The summed E-state index contributed by atoms with van der Waals surface area (Å²) < 4.78 is 26.0. The molecule has 0 aliphatic heterocycles. The second kappa shape index (κ2) is 4.59. The molecule has 5 nitrogen and oxygen atoms in total. The van der Waals surface area contributed by atoms with Crippen LogP contribution >= 0.6 is 0 Å². The molecule has 2 N–H and O–H groups in total. The molecule has 7 heteroatoms. The lowest BCUT2D eigenvalue weighted by Gasteiger charge is -2.18. The number of carbonyl (C=O) groups is 2. The minimum Gasteiger partial charge on any atom is -0.349 e. The van der Waals surface area contributed by atoms with E-state index < -0.39 is 23.6 Å². The summed E-state index contributed by atoms with van der Waals surface area (Å²) in [5.41, 5.74) is 4.73. The van der Waals surface area contributed by atoms with Gasteiger partial charge in [-0.2, -0.15) is 0 Å². The summed E-state index contributed by atoms with van der Waals surface area (Å²) in [5, 5.41) is 0.382. The van der Waals surface area contributed by atoms with E-state index >= 15 is 0 Å². The minimum atomic E-state index is -1.13. The Morgan fingerprint density at radius 3 is 2.22 bits per heavy atom. The van der Waals surface area contributed by atoms with Crippen molar-refractivity contribution in [3.05, 3.63) is 29.8 Å². The Bertz CT molecular complexity index is 483. The maximum atomic E-state index is 13.0. The molecule has 0 atom stereocenters. The number of hydrogen-bond donors (Lipinski definition) is 1. The highest BCUT2D eigenvalue weighted by Gasteiger charge is 2.34. The van der Waals surface area contributed by atoms with Crippen molar-refractivity contribution in [2.24, 2.45) is 11.7 Å². The summed E-state index contributed by atoms with van der Waals surface area (Å²) in [6.07, 6.45) is 1.34. The highest BCUT2D eigenvalue weighted by molar-refractivity contribution is 5.91. The largest absolute Gasteiger partial charge is 0.352 e. The quantitative estimate of drug-likeness (QED) is 0.819. The number of urea groups is 1. The van der Waals surface area contributed by atoms with Crippen molar-refractivity contribution < 1.29 is 23.2 Å². The number of nitrogens with two attached hydrogens (primary N) is 1. The van der Waals surface area contributed by atoms with Gasteiger partial charge in [0.15, 0.2) is 0 Å². The molecule has 1 aliphatic carbocycles. The third kappa shape index (κ3) is 2.73. The molecule has 2 rings (SSSR count). The van der Waals surface area contributed by atoms with Gasteiger partial charge in [0.1, 0.15) is 11.6 Å². The first-order chi connectivity index (χ1) is 8.47. The number of hydrogen-bond acceptors (Lipinski definition) is 3. The van der Waals surface area contributed by atoms with E-state index in [4.69, 9.17) is 10.6 Å². The highest BCUT2D eigenvalue weighted by atomic mass is 19.1. The van der Waals surface area contributed by atoms with Crippen molar-refractivity contribution in [2.75, 3.05) is 5.06 Å². The van der Waals surface area contributed by atoms with Crippen molar-refractivity contribution in [2.45, 2.75) is 12.8 Å². The molecule has 18 heavy (non-hydrogen) atoms. The van der Waals surface area contributed by atoms with E-state index in [2.05, 4.69) is 0 Å². The Hall–Kier alpha value is -2.18. The molecule has 1 aromatic rings. The Balaban J connectivity index is 2.22. The molecule has 0 unspecified atom stereocenters. The van der Waals surface area contributed by atoms with Gasteiger partial charge in [-0.05, 0) is 12.8 Å². The molecule has 1 fully saturated rings. The van der Waals surface area contributed by atoms with Crippen LogP contribution in [0.25, 0.3) is 0 Å². The zero-order valence-electron chi connectivity index (χ0n) is 9.23. The molecule has 0 radical (unpaired) electrons. The monoisotopic (exact) mass is 256 g/mol. The van der Waals surface area contributed by atoms with Crippen LogP contribution in [0.2, 0.25) is 0 Å². The van der Waals surface area contributed by atoms with Crippen molar-refractivity contribution in [1.82, 2.24) is 0 Å². The van der Waals surface area contributed by atoms with E-state index in [0.29, 0.717) is 24.0 Å². The summed E-state index contributed by atoms with van der Waals surface area (Å²) in [6.45, 7) is 0. The Labute approximate surface area is 101 Å². The topological polar surface area (TPSA) is 72.6 Å². The molecule has 0 spiro atoms. The number of hydroxylamine groups is 1. The van der Waals surface area contributed by atoms with Gasteiger partial charge in [0.05, 0.1) is 11.6 Å². The Morgan fingerprint density at radius 2 is 1.78 bits per heavy atom. The molecular weight excluding hydrogens is 246 g/mol. The fourth-order valence-electron chi connectivity index (χ4n) is 1.37. The second-order valence-electron chi connectivity index (χ2n) is 3.94. The smallest absolute Gasteiger partial charge is 0.349 e. The fraction of sp³-hybridized carbons (Fsp3) is 0.273. The molecule has 0 heterocycles. The number of nitrogens with zero attached hydrogens (tertiary/aromatic N) is 1. The predicted molar refractivity (Wildman–Crippen MR) is 57.2 cm³/mol. The maximum Gasteiger partial charge on any atom is 0.352 e. The summed E-state index contributed by atoms with van der Waals surface area (Å²) in [6, 6.07) is 1.18. The minimum absolute atomic E-state index is 0.269. The van der Waals surface area contributed by atoms with Gasteiger partial charge in [0.2, 0.25) is 0 Å². The fourth-order valence-corrected chi connectivity index (χ4v) is 1.37. The van der Waals surface area contributed by atoms with Crippen LogP contribution in [-0.2, 0) is 9.63 Å². The van der Waals surface area contributed by atoms with Crippen molar-refractivity contribution in [3.8, 4) is 0 Å². The number of primary amides is 1. The number of anilines is 1. The van der Waals surface area contributed by atoms with Gasteiger partial charge in [-0.15, -0.1) is 5.06 Å². The normalized spacial score (nSPS) is 14.1. The molecule has 0 saturated heterocycles. The van der Waals surface area contributed by atoms with E-state index in [9.17, 15) is 18.4 Å². The van der Waals surface area contributed by atoms with Crippen molar-refractivity contribution in [3.63, 3.8) is 0 Å². The SMILES string of the molecule is NC(=O)N(OC(=O)C1CC1)c1cc(F)cc(F)c1.